The monoisotopic (exact) mass is 288 g/mol. The second-order valence-electron chi connectivity index (χ2n) is 5.97. The molecule has 19 heavy (non-hydrogen) atoms. The first-order valence-electron chi connectivity index (χ1n) is 6.42. The molecule has 2 aliphatic rings. The molecular formula is C12H20N2O4S. The summed E-state index contributed by atoms with van der Waals surface area (Å²) in [7, 11) is -3.45. The van der Waals surface area contributed by atoms with Crippen LogP contribution in [0.2, 0.25) is 0 Å². The smallest absolute Gasteiger partial charge is 0.243 e. The van der Waals surface area contributed by atoms with E-state index >= 15 is 0 Å². The number of hydrogen-bond donors (Lipinski definition) is 1. The maximum atomic E-state index is 12.1. The van der Waals surface area contributed by atoms with Crippen molar-refractivity contribution < 1.29 is 18.0 Å². The topological polar surface area (TPSA) is 83.6 Å². The predicted octanol–water partition coefficient (Wildman–Crippen LogP) is -0.453. The lowest BCUT2D eigenvalue weighted by Crippen LogP contribution is -2.65. The van der Waals surface area contributed by atoms with Crippen LogP contribution in [0, 0.1) is 5.92 Å². The highest BCUT2D eigenvalue weighted by molar-refractivity contribution is 7.92. The minimum absolute atomic E-state index is 0.0348. The second-order valence-corrected chi connectivity index (χ2v) is 8.54. The molecule has 7 heteroatoms. The normalized spacial score (nSPS) is 20.9. The van der Waals surface area contributed by atoms with Crippen LogP contribution >= 0.6 is 0 Å². The van der Waals surface area contributed by atoms with Crippen LogP contribution in [-0.4, -0.2) is 55.3 Å². The van der Waals surface area contributed by atoms with Gasteiger partial charge in [-0.15, -0.1) is 0 Å². The van der Waals surface area contributed by atoms with Crippen molar-refractivity contribution in [2.75, 3.05) is 19.3 Å². The van der Waals surface area contributed by atoms with E-state index in [9.17, 15) is 18.0 Å². The third-order valence-electron chi connectivity index (χ3n) is 3.91. The zero-order chi connectivity index (χ0) is 14.4. The van der Waals surface area contributed by atoms with E-state index in [1.165, 1.54) is 18.7 Å². The Labute approximate surface area is 113 Å². The molecule has 1 heterocycles. The SMILES string of the molecule is CC(C)(C(=O)N1CC(NC(=O)C2CC2)C1)S(C)(=O)=O. The van der Waals surface area contributed by atoms with E-state index in [-0.39, 0.29) is 17.9 Å². The second kappa shape index (κ2) is 4.47. The molecule has 0 bridgehead atoms. The molecule has 0 unspecified atom stereocenters. The third kappa shape index (κ3) is 2.75. The molecule has 2 amide bonds. The number of sulfone groups is 1. The molecule has 6 nitrogen and oxygen atoms in total. The molecule has 1 aliphatic carbocycles. The first-order valence-corrected chi connectivity index (χ1v) is 8.31. The van der Waals surface area contributed by atoms with Crippen molar-refractivity contribution >= 4 is 21.7 Å². The number of rotatable bonds is 4. The summed E-state index contributed by atoms with van der Waals surface area (Å²) >= 11 is 0. The molecule has 0 atom stereocenters. The Hall–Kier alpha value is -1.11. The van der Waals surface area contributed by atoms with Crippen LogP contribution in [-0.2, 0) is 19.4 Å². The molecule has 1 N–H and O–H groups in total. The molecule has 0 aromatic heterocycles. The minimum atomic E-state index is -3.45. The highest BCUT2D eigenvalue weighted by Crippen LogP contribution is 2.29. The molecule has 0 aromatic rings. The van der Waals surface area contributed by atoms with Crippen molar-refractivity contribution in [3.63, 3.8) is 0 Å². The molecule has 1 saturated carbocycles. The largest absolute Gasteiger partial charge is 0.350 e. The molecular weight excluding hydrogens is 268 g/mol. The average Bonchev–Trinajstić information content (AvgIpc) is 3.03. The van der Waals surface area contributed by atoms with Gasteiger partial charge in [0, 0.05) is 25.3 Å². The summed E-state index contributed by atoms with van der Waals surface area (Å²) in [5, 5.41) is 2.87. The van der Waals surface area contributed by atoms with Gasteiger partial charge >= 0.3 is 0 Å². The van der Waals surface area contributed by atoms with Gasteiger partial charge in [0.05, 0.1) is 6.04 Å². The van der Waals surface area contributed by atoms with Gasteiger partial charge < -0.3 is 10.2 Å². The molecule has 2 rings (SSSR count). The fourth-order valence-electron chi connectivity index (χ4n) is 1.94. The van der Waals surface area contributed by atoms with Gasteiger partial charge in [0.2, 0.25) is 11.8 Å². The standard InChI is InChI=1S/C12H20N2O4S/c1-12(2,19(3,17)18)11(16)14-6-9(7-14)13-10(15)8-4-5-8/h8-9H,4-7H2,1-3H3,(H,13,15). The van der Waals surface area contributed by atoms with E-state index in [1.54, 1.807) is 0 Å². The summed E-state index contributed by atoms with van der Waals surface area (Å²) in [4.78, 5) is 25.1. The van der Waals surface area contributed by atoms with Gasteiger partial charge in [0.1, 0.15) is 4.75 Å². The maximum absolute atomic E-state index is 12.1. The van der Waals surface area contributed by atoms with Crippen LogP contribution in [0.15, 0.2) is 0 Å². The molecule has 0 radical (unpaired) electrons. The van der Waals surface area contributed by atoms with Gasteiger partial charge in [0.25, 0.3) is 0 Å². The van der Waals surface area contributed by atoms with Crippen LogP contribution in [0.4, 0.5) is 0 Å². The number of carbonyl (C=O) groups excluding carboxylic acids is 2. The van der Waals surface area contributed by atoms with Gasteiger partial charge in [-0.1, -0.05) is 0 Å². The molecule has 108 valence electrons. The Morgan fingerprint density at radius 2 is 1.74 bits per heavy atom. The van der Waals surface area contributed by atoms with Crippen LogP contribution in [0.25, 0.3) is 0 Å². The quantitative estimate of drug-likeness (QED) is 0.759. The molecule has 0 spiro atoms. The van der Waals surface area contributed by atoms with Gasteiger partial charge in [-0.25, -0.2) is 8.42 Å². The van der Waals surface area contributed by atoms with Crippen LogP contribution < -0.4 is 5.32 Å². The van der Waals surface area contributed by atoms with Crippen LogP contribution in [0.5, 0.6) is 0 Å². The summed E-state index contributed by atoms with van der Waals surface area (Å²) in [6, 6.07) is -0.0348. The lowest BCUT2D eigenvalue weighted by molar-refractivity contribution is -0.140. The lowest BCUT2D eigenvalue weighted by Gasteiger charge is -2.42. The van der Waals surface area contributed by atoms with Crippen LogP contribution in [0.3, 0.4) is 0 Å². The van der Waals surface area contributed by atoms with E-state index < -0.39 is 20.5 Å². The van der Waals surface area contributed by atoms with Gasteiger partial charge in [0.15, 0.2) is 9.84 Å². The average molecular weight is 288 g/mol. The van der Waals surface area contributed by atoms with Gasteiger partial charge in [-0.05, 0) is 26.7 Å². The molecule has 1 saturated heterocycles. The zero-order valence-electron chi connectivity index (χ0n) is 11.5. The Bertz CT molecular complexity index is 502. The van der Waals surface area contributed by atoms with E-state index in [1.807, 2.05) is 0 Å². The van der Waals surface area contributed by atoms with Crippen molar-refractivity contribution in [1.82, 2.24) is 10.2 Å². The van der Waals surface area contributed by atoms with Crippen LogP contribution in [0.1, 0.15) is 26.7 Å². The van der Waals surface area contributed by atoms with Crippen molar-refractivity contribution in [1.29, 1.82) is 0 Å². The van der Waals surface area contributed by atoms with Crippen molar-refractivity contribution in [3.05, 3.63) is 0 Å². The van der Waals surface area contributed by atoms with Gasteiger partial charge in [-0.3, -0.25) is 9.59 Å². The van der Waals surface area contributed by atoms with E-state index in [2.05, 4.69) is 5.32 Å². The first-order chi connectivity index (χ1) is 8.63. The molecule has 2 fully saturated rings. The first kappa shape index (κ1) is 14.3. The van der Waals surface area contributed by atoms with Gasteiger partial charge in [-0.2, -0.15) is 0 Å². The molecule has 1 aliphatic heterocycles. The Morgan fingerprint density at radius 1 is 1.21 bits per heavy atom. The van der Waals surface area contributed by atoms with Crippen molar-refractivity contribution in [2.24, 2.45) is 5.92 Å². The fraction of sp³-hybridized carbons (Fsp3) is 0.833. The zero-order valence-corrected chi connectivity index (χ0v) is 12.3. The minimum Gasteiger partial charge on any atom is -0.350 e. The summed E-state index contributed by atoms with van der Waals surface area (Å²) in [6.07, 6.45) is 2.96. The highest BCUT2D eigenvalue weighted by atomic mass is 32.2. The predicted molar refractivity (Wildman–Crippen MR) is 70.2 cm³/mol. The summed E-state index contributed by atoms with van der Waals surface area (Å²) in [5.74, 6) is -0.191. The van der Waals surface area contributed by atoms with E-state index in [0.29, 0.717) is 13.1 Å². The Balaban J connectivity index is 1.86. The summed E-state index contributed by atoms with van der Waals surface area (Å²) < 4.78 is 21.8. The third-order valence-corrected chi connectivity index (χ3v) is 5.93. The number of nitrogens with zero attached hydrogens (tertiary/aromatic N) is 1. The molecule has 0 aromatic carbocycles. The number of hydrogen-bond acceptors (Lipinski definition) is 4. The van der Waals surface area contributed by atoms with Crippen molar-refractivity contribution in [2.45, 2.75) is 37.5 Å². The van der Waals surface area contributed by atoms with E-state index in [0.717, 1.165) is 19.1 Å². The van der Waals surface area contributed by atoms with E-state index in [4.69, 9.17) is 0 Å². The number of likely N-dealkylation sites (tertiary alicyclic amines) is 1. The number of amides is 2. The fourth-order valence-corrected chi connectivity index (χ4v) is 2.39. The number of carbonyl (C=O) groups is 2. The summed E-state index contributed by atoms with van der Waals surface area (Å²) in [6.45, 7) is 3.63. The van der Waals surface area contributed by atoms with Crippen molar-refractivity contribution in [3.8, 4) is 0 Å². The Morgan fingerprint density at radius 3 is 2.16 bits per heavy atom. The maximum Gasteiger partial charge on any atom is 0.243 e. The lowest BCUT2D eigenvalue weighted by atomic mass is 10.0. The number of nitrogens with one attached hydrogen (secondary N) is 1. The Kier molecular flexibility index (Phi) is 3.36. The highest BCUT2D eigenvalue weighted by Gasteiger charge is 2.45. The summed E-state index contributed by atoms with van der Waals surface area (Å²) in [5.41, 5.74) is 0.